The van der Waals surface area contributed by atoms with Gasteiger partial charge in [0.2, 0.25) is 0 Å². The zero-order valence-corrected chi connectivity index (χ0v) is 22.5. The van der Waals surface area contributed by atoms with Gasteiger partial charge in [-0.05, 0) is 50.9 Å². The average Bonchev–Trinajstić information content (AvgIpc) is 3.03. The lowest BCUT2D eigenvalue weighted by atomic mass is 9.92. The smallest absolute Gasteiger partial charge is 0.328 e. The third kappa shape index (κ3) is 6.10. The minimum atomic E-state index is -1.69. The molecule has 0 aliphatic rings. The van der Waals surface area contributed by atoms with Crippen LogP contribution in [-0.4, -0.2) is 42.1 Å². The summed E-state index contributed by atoms with van der Waals surface area (Å²) in [4.78, 5) is 39.5. The van der Waals surface area contributed by atoms with Crippen molar-refractivity contribution in [2.45, 2.75) is 24.6 Å². The number of rotatable bonds is 9. The van der Waals surface area contributed by atoms with Crippen molar-refractivity contribution in [3.63, 3.8) is 0 Å². The number of amides is 2. The number of carbonyl (C=O) groups is 3. The summed E-state index contributed by atoms with van der Waals surface area (Å²) >= 11 is 0. The number of ether oxygens (including phenoxy) is 1. The van der Waals surface area contributed by atoms with Crippen molar-refractivity contribution in [2.75, 3.05) is 7.11 Å². The number of methoxy groups -OCH3 is 1. The molecule has 5 rings (SSSR count). The molecular weight excluding hydrogens is 516 g/mol. The molecule has 0 heterocycles. The molecule has 0 saturated carbocycles. The van der Waals surface area contributed by atoms with Crippen LogP contribution in [0.3, 0.4) is 0 Å². The minimum absolute atomic E-state index is 0.138. The molecule has 2 amide bonds. The van der Waals surface area contributed by atoms with Gasteiger partial charge in [-0.15, -0.1) is 0 Å². The average molecular weight is 547 g/mol. The van der Waals surface area contributed by atoms with Crippen LogP contribution in [0.25, 0.3) is 21.5 Å². The first-order valence-electron chi connectivity index (χ1n) is 13.3. The van der Waals surface area contributed by atoms with Gasteiger partial charge < -0.3 is 20.5 Å². The first-order valence-corrected chi connectivity index (χ1v) is 13.3. The Morgan fingerprint density at radius 3 is 1.85 bits per heavy atom. The number of esters is 1. The highest BCUT2D eigenvalue weighted by Gasteiger charge is 2.33. The summed E-state index contributed by atoms with van der Waals surface area (Å²) in [7, 11) is 1.26. The third-order valence-electron chi connectivity index (χ3n) is 7.16. The Kier molecular flexibility index (Phi) is 8.36. The monoisotopic (exact) mass is 546 g/mol. The minimum Gasteiger partial charge on any atom is -0.467 e. The van der Waals surface area contributed by atoms with E-state index in [2.05, 4.69) is 16.7 Å². The fourth-order valence-electron chi connectivity index (χ4n) is 5.10. The maximum Gasteiger partial charge on any atom is 0.328 e. The lowest BCUT2D eigenvalue weighted by Gasteiger charge is -2.26. The van der Waals surface area contributed by atoms with E-state index in [1.807, 2.05) is 48.5 Å². The van der Waals surface area contributed by atoms with Gasteiger partial charge in [-0.2, -0.15) is 0 Å². The van der Waals surface area contributed by atoms with E-state index in [1.54, 1.807) is 60.7 Å². The summed E-state index contributed by atoms with van der Waals surface area (Å²) in [6, 6.07) is 32.9. The van der Waals surface area contributed by atoms with Crippen molar-refractivity contribution < 1.29 is 24.2 Å². The molecule has 5 aromatic carbocycles. The Bertz CT molecular complexity index is 1630. The summed E-state index contributed by atoms with van der Waals surface area (Å²) < 4.78 is 5.05. The van der Waals surface area contributed by atoms with Crippen molar-refractivity contribution in [2.24, 2.45) is 0 Å². The molecule has 7 nitrogen and oxygen atoms in total. The largest absolute Gasteiger partial charge is 0.467 e. The van der Waals surface area contributed by atoms with Crippen LogP contribution in [-0.2, 0) is 20.7 Å². The van der Waals surface area contributed by atoms with E-state index >= 15 is 0 Å². The molecule has 206 valence electrons. The Morgan fingerprint density at radius 1 is 0.732 bits per heavy atom. The second-order valence-corrected chi connectivity index (χ2v) is 9.76. The van der Waals surface area contributed by atoms with E-state index in [1.165, 1.54) is 7.11 Å². The Balaban J connectivity index is 1.45. The van der Waals surface area contributed by atoms with Gasteiger partial charge in [0.05, 0.1) is 13.2 Å². The maximum atomic E-state index is 13.5. The number of benzene rings is 5. The van der Waals surface area contributed by atoms with Crippen LogP contribution >= 0.6 is 0 Å². The molecular formula is C34H30N2O5. The van der Waals surface area contributed by atoms with Gasteiger partial charge in [0.25, 0.3) is 11.8 Å². The van der Waals surface area contributed by atoms with Gasteiger partial charge in [-0.3, -0.25) is 9.59 Å². The van der Waals surface area contributed by atoms with E-state index < -0.39 is 36.0 Å². The Labute approximate surface area is 237 Å². The van der Waals surface area contributed by atoms with Crippen LogP contribution < -0.4 is 10.6 Å². The fraction of sp³-hybridized carbons (Fsp3) is 0.147. The molecule has 0 aliphatic heterocycles. The van der Waals surface area contributed by atoms with Crippen LogP contribution in [0.1, 0.15) is 27.5 Å². The number of hydrogen-bond acceptors (Lipinski definition) is 5. The molecule has 0 unspecified atom stereocenters. The first-order chi connectivity index (χ1) is 20.0. The molecule has 0 spiro atoms. The summed E-state index contributed by atoms with van der Waals surface area (Å²) in [5, 5.41) is 20.6. The van der Waals surface area contributed by atoms with Crippen molar-refractivity contribution in [3.05, 3.63) is 132 Å². The summed E-state index contributed by atoms with van der Waals surface area (Å²) in [5.74, 6) is -1.91. The number of carbonyl (C=O) groups excluding carboxylic acids is 3. The highest BCUT2D eigenvalue weighted by atomic mass is 16.5. The van der Waals surface area contributed by atoms with Crippen LogP contribution in [0.4, 0.5) is 0 Å². The molecule has 0 aromatic heterocycles. The lowest BCUT2D eigenvalue weighted by Crippen LogP contribution is -2.51. The maximum absolute atomic E-state index is 13.5. The van der Waals surface area contributed by atoms with E-state index in [0.29, 0.717) is 11.1 Å². The fourth-order valence-corrected chi connectivity index (χ4v) is 5.10. The van der Waals surface area contributed by atoms with Crippen LogP contribution in [0, 0.1) is 0 Å². The zero-order valence-electron chi connectivity index (χ0n) is 22.5. The number of aliphatic hydroxyl groups is 1. The van der Waals surface area contributed by atoms with Crippen molar-refractivity contribution in [3.8, 4) is 0 Å². The second kappa shape index (κ2) is 12.4. The summed E-state index contributed by atoms with van der Waals surface area (Å²) in [6.45, 7) is 0. The third-order valence-corrected chi connectivity index (χ3v) is 7.16. The normalized spacial score (nSPS) is 13.2. The second-order valence-electron chi connectivity index (χ2n) is 9.76. The zero-order chi connectivity index (χ0) is 28.8. The van der Waals surface area contributed by atoms with Gasteiger partial charge in [0.15, 0.2) is 6.10 Å². The van der Waals surface area contributed by atoms with Gasteiger partial charge in [-0.1, -0.05) is 97.1 Å². The van der Waals surface area contributed by atoms with Gasteiger partial charge in [-0.25, -0.2) is 4.79 Å². The first kappa shape index (κ1) is 27.6. The molecule has 3 atom stereocenters. The quantitative estimate of drug-likeness (QED) is 0.183. The van der Waals surface area contributed by atoms with Gasteiger partial charge in [0.1, 0.15) is 6.04 Å². The molecule has 0 saturated heterocycles. The van der Waals surface area contributed by atoms with Crippen LogP contribution in [0.2, 0.25) is 0 Å². The van der Waals surface area contributed by atoms with Crippen molar-refractivity contribution in [1.82, 2.24) is 10.6 Å². The number of aliphatic hydroxyl groups excluding tert-OH is 1. The van der Waals surface area contributed by atoms with Crippen LogP contribution in [0.15, 0.2) is 115 Å². The molecule has 0 aliphatic carbocycles. The van der Waals surface area contributed by atoms with E-state index in [4.69, 9.17) is 4.74 Å². The molecule has 0 radical (unpaired) electrons. The Hall–Kier alpha value is -5.01. The Morgan fingerprint density at radius 2 is 1.27 bits per heavy atom. The number of nitrogens with one attached hydrogen (secondary N) is 2. The van der Waals surface area contributed by atoms with Crippen molar-refractivity contribution >= 4 is 39.3 Å². The van der Waals surface area contributed by atoms with Gasteiger partial charge >= 0.3 is 5.97 Å². The van der Waals surface area contributed by atoms with Gasteiger partial charge in [0, 0.05) is 12.0 Å². The lowest BCUT2D eigenvalue weighted by molar-refractivity contribution is -0.146. The molecule has 0 bridgehead atoms. The SMILES string of the molecule is COC(=O)[C@H](Cc1c2ccccc2cc2ccccc12)NC(=O)[C@H](O)[C@@H](NC(=O)c1ccccc1)c1ccccc1. The predicted molar refractivity (Wildman–Crippen MR) is 158 cm³/mol. The van der Waals surface area contributed by atoms with E-state index in [9.17, 15) is 19.5 Å². The highest BCUT2D eigenvalue weighted by Crippen LogP contribution is 2.30. The van der Waals surface area contributed by atoms with E-state index in [0.717, 1.165) is 27.1 Å². The summed E-state index contributed by atoms with van der Waals surface area (Å²) in [6.07, 6.45) is -1.55. The molecule has 41 heavy (non-hydrogen) atoms. The topological polar surface area (TPSA) is 105 Å². The van der Waals surface area contributed by atoms with Crippen molar-refractivity contribution in [1.29, 1.82) is 0 Å². The van der Waals surface area contributed by atoms with Crippen LogP contribution in [0.5, 0.6) is 0 Å². The standard InChI is InChI=1S/C34H30N2O5/c1-41-34(40)29(21-28-26-18-10-8-16-24(26)20-25-17-9-11-19-27(25)28)35-33(39)31(37)30(22-12-4-2-5-13-22)36-32(38)23-14-6-3-7-15-23/h2-20,29-31,37H,21H2,1H3,(H,35,39)(H,36,38)/t29-,30-,31+/m0/s1. The molecule has 5 aromatic rings. The molecule has 0 fully saturated rings. The number of hydrogen-bond donors (Lipinski definition) is 3. The number of fused-ring (bicyclic) bond motifs is 2. The predicted octanol–water partition coefficient (Wildman–Crippen LogP) is 4.73. The molecule has 3 N–H and O–H groups in total. The highest BCUT2D eigenvalue weighted by molar-refractivity contribution is 6.03. The van der Waals surface area contributed by atoms with E-state index in [-0.39, 0.29) is 6.42 Å². The summed E-state index contributed by atoms with van der Waals surface area (Å²) in [5.41, 5.74) is 1.80. The molecule has 7 heteroatoms.